The molecule has 0 unspecified atom stereocenters. The highest BCUT2D eigenvalue weighted by atomic mass is 35.5. The average molecular weight is 243 g/mol. The number of nitrogens with zero attached hydrogens (tertiary/aromatic N) is 1. The van der Waals surface area contributed by atoms with Gasteiger partial charge in [-0.15, -0.1) is 0 Å². The third kappa shape index (κ3) is 3.12. The van der Waals surface area contributed by atoms with Gasteiger partial charge in [0.1, 0.15) is 6.61 Å². The Balaban J connectivity index is 2.82. The lowest BCUT2D eigenvalue weighted by Crippen LogP contribution is -2.30. The number of nitrogen functional groups attached to an aromatic ring is 1. The van der Waals surface area contributed by atoms with E-state index in [2.05, 4.69) is 0 Å². The van der Waals surface area contributed by atoms with Crippen molar-refractivity contribution >= 4 is 28.9 Å². The summed E-state index contributed by atoms with van der Waals surface area (Å²) in [7, 11) is 1.64. The molecule has 1 aromatic carbocycles. The van der Waals surface area contributed by atoms with Crippen LogP contribution in [0.1, 0.15) is 6.92 Å². The molecule has 0 aromatic heterocycles. The number of rotatable bonds is 4. The molecule has 0 radical (unpaired) electrons. The summed E-state index contributed by atoms with van der Waals surface area (Å²) in [5.74, 6) is -0.157. The summed E-state index contributed by atoms with van der Waals surface area (Å²) in [5, 5.41) is 0.542. The molecule has 0 bridgehead atoms. The molecule has 0 saturated heterocycles. The van der Waals surface area contributed by atoms with Crippen LogP contribution in [-0.4, -0.2) is 26.2 Å². The van der Waals surface area contributed by atoms with E-state index in [0.717, 1.165) is 0 Å². The maximum absolute atomic E-state index is 11.7. The maximum atomic E-state index is 11.7. The first-order chi connectivity index (χ1) is 7.56. The fourth-order valence-corrected chi connectivity index (χ4v) is 1.39. The minimum absolute atomic E-state index is 0.0406. The molecule has 0 aliphatic carbocycles. The van der Waals surface area contributed by atoms with Gasteiger partial charge in [-0.3, -0.25) is 4.79 Å². The minimum atomic E-state index is -0.157. The van der Waals surface area contributed by atoms with Crippen molar-refractivity contribution in [3.05, 3.63) is 23.2 Å². The largest absolute Gasteiger partial charge is 0.397 e. The van der Waals surface area contributed by atoms with Crippen LogP contribution in [0.2, 0.25) is 5.02 Å². The maximum Gasteiger partial charge on any atom is 0.252 e. The standard InChI is InChI=1S/C11H15ClN2O2/c1-3-16-7-11(15)14(2)10-6-8(12)4-5-9(10)13/h4-6H,3,7,13H2,1-2H3. The van der Waals surface area contributed by atoms with E-state index in [-0.39, 0.29) is 12.5 Å². The lowest BCUT2D eigenvalue weighted by Gasteiger charge is -2.19. The van der Waals surface area contributed by atoms with E-state index >= 15 is 0 Å². The molecule has 0 spiro atoms. The number of benzene rings is 1. The first kappa shape index (κ1) is 12.8. The fraction of sp³-hybridized carbons (Fsp3) is 0.364. The third-order valence-electron chi connectivity index (χ3n) is 2.16. The zero-order chi connectivity index (χ0) is 12.1. The van der Waals surface area contributed by atoms with Crippen LogP contribution in [-0.2, 0) is 9.53 Å². The minimum Gasteiger partial charge on any atom is -0.397 e. The molecule has 0 aliphatic heterocycles. The number of nitrogens with two attached hydrogens (primary N) is 1. The number of amides is 1. The Kier molecular flexibility index (Phi) is 4.58. The molecular formula is C11H15ClN2O2. The van der Waals surface area contributed by atoms with E-state index in [1.165, 1.54) is 4.90 Å². The van der Waals surface area contributed by atoms with Crippen LogP contribution in [0, 0.1) is 0 Å². The average Bonchev–Trinajstić information content (AvgIpc) is 2.28. The molecule has 16 heavy (non-hydrogen) atoms. The third-order valence-corrected chi connectivity index (χ3v) is 2.39. The summed E-state index contributed by atoms with van der Waals surface area (Å²) >= 11 is 5.85. The molecule has 5 heteroatoms. The molecule has 0 fully saturated rings. The molecule has 2 N–H and O–H groups in total. The van der Waals surface area contributed by atoms with Crippen molar-refractivity contribution < 1.29 is 9.53 Å². The van der Waals surface area contributed by atoms with Crippen molar-refractivity contribution in [3.8, 4) is 0 Å². The van der Waals surface area contributed by atoms with Gasteiger partial charge in [-0.05, 0) is 25.1 Å². The molecule has 0 aliphatic rings. The van der Waals surface area contributed by atoms with Gasteiger partial charge in [0.15, 0.2) is 0 Å². The van der Waals surface area contributed by atoms with E-state index in [1.807, 2.05) is 6.92 Å². The van der Waals surface area contributed by atoms with Gasteiger partial charge in [-0.25, -0.2) is 0 Å². The quantitative estimate of drug-likeness (QED) is 0.821. The van der Waals surface area contributed by atoms with Crippen LogP contribution in [0.5, 0.6) is 0 Å². The van der Waals surface area contributed by atoms with Gasteiger partial charge in [-0.1, -0.05) is 11.6 Å². The Morgan fingerprint density at radius 2 is 2.25 bits per heavy atom. The normalized spacial score (nSPS) is 10.2. The molecular weight excluding hydrogens is 228 g/mol. The summed E-state index contributed by atoms with van der Waals surface area (Å²) < 4.78 is 5.04. The Morgan fingerprint density at radius 1 is 1.56 bits per heavy atom. The monoisotopic (exact) mass is 242 g/mol. The number of hydrogen-bond donors (Lipinski definition) is 1. The van der Waals surface area contributed by atoms with E-state index in [4.69, 9.17) is 22.1 Å². The number of likely N-dealkylation sites (N-methyl/N-ethyl adjacent to an activating group) is 1. The molecule has 0 saturated carbocycles. The smallest absolute Gasteiger partial charge is 0.252 e. The fourth-order valence-electron chi connectivity index (χ4n) is 1.23. The summed E-state index contributed by atoms with van der Waals surface area (Å²) in [4.78, 5) is 13.1. The van der Waals surface area contributed by atoms with Crippen molar-refractivity contribution in [3.63, 3.8) is 0 Å². The zero-order valence-electron chi connectivity index (χ0n) is 9.37. The van der Waals surface area contributed by atoms with Gasteiger partial charge in [0, 0.05) is 18.7 Å². The van der Waals surface area contributed by atoms with Gasteiger partial charge in [0.2, 0.25) is 0 Å². The Morgan fingerprint density at radius 3 is 2.88 bits per heavy atom. The van der Waals surface area contributed by atoms with Gasteiger partial charge in [-0.2, -0.15) is 0 Å². The van der Waals surface area contributed by atoms with Crippen LogP contribution < -0.4 is 10.6 Å². The predicted molar refractivity (Wildman–Crippen MR) is 65.8 cm³/mol. The van der Waals surface area contributed by atoms with Crippen LogP contribution in [0.15, 0.2) is 18.2 Å². The number of halogens is 1. The molecule has 1 rings (SSSR count). The Labute approximate surface area is 99.9 Å². The molecule has 88 valence electrons. The Bertz CT molecular complexity index is 382. The van der Waals surface area contributed by atoms with Crippen molar-refractivity contribution in [2.75, 3.05) is 30.9 Å². The summed E-state index contributed by atoms with van der Waals surface area (Å²) in [6.45, 7) is 2.38. The number of ether oxygens (including phenoxy) is 1. The second-order valence-electron chi connectivity index (χ2n) is 3.29. The molecule has 4 nitrogen and oxygen atoms in total. The van der Waals surface area contributed by atoms with Crippen molar-refractivity contribution in [2.45, 2.75) is 6.92 Å². The van der Waals surface area contributed by atoms with Crippen LogP contribution >= 0.6 is 11.6 Å². The summed E-state index contributed by atoms with van der Waals surface area (Å²) in [6, 6.07) is 5.00. The zero-order valence-corrected chi connectivity index (χ0v) is 10.1. The number of hydrogen-bond acceptors (Lipinski definition) is 3. The van der Waals surface area contributed by atoms with Crippen molar-refractivity contribution in [1.82, 2.24) is 0 Å². The number of anilines is 2. The lowest BCUT2D eigenvalue weighted by atomic mass is 10.2. The highest BCUT2D eigenvalue weighted by Crippen LogP contribution is 2.25. The van der Waals surface area contributed by atoms with Gasteiger partial charge in [0.05, 0.1) is 11.4 Å². The molecule has 0 heterocycles. The van der Waals surface area contributed by atoms with Crippen LogP contribution in [0.4, 0.5) is 11.4 Å². The second kappa shape index (κ2) is 5.72. The van der Waals surface area contributed by atoms with Gasteiger partial charge in [0.25, 0.3) is 5.91 Å². The van der Waals surface area contributed by atoms with E-state index < -0.39 is 0 Å². The predicted octanol–water partition coefficient (Wildman–Crippen LogP) is 1.92. The Hall–Kier alpha value is -1.26. The lowest BCUT2D eigenvalue weighted by molar-refractivity contribution is -0.122. The second-order valence-corrected chi connectivity index (χ2v) is 3.73. The highest BCUT2D eigenvalue weighted by molar-refractivity contribution is 6.31. The first-order valence-corrected chi connectivity index (χ1v) is 5.33. The van der Waals surface area contributed by atoms with Gasteiger partial charge < -0.3 is 15.4 Å². The molecule has 1 amide bonds. The topological polar surface area (TPSA) is 55.6 Å². The van der Waals surface area contributed by atoms with Crippen molar-refractivity contribution in [2.24, 2.45) is 0 Å². The molecule has 0 atom stereocenters. The first-order valence-electron chi connectivity index (χ1n) is 4.95. The number of carbonyl (C=O) groups excluding carboxylic acids is 1. The number of carbonyl (C=O) groups is 1. The SMILES string of the molecule is CCOCC(=O)N(C)c1cc(Cl)ccc1N. The highest BCUT2D eigenvalue weighted by Gasteiger charge is 2.13. The van der Waals surface area contributed by atoms with Crippen LogP contribution in [0.25, 0.3) is 0 Å². The van der Waals surface area contributed by atoms with E-state index in [1.54, 1.807) is 25.2 Å². The van der Waals surface area contributed by atoms with Crippen molar-refractivity contribution in [1.29, 1.82) is 0 Å². The van der Waals surface area contributed by atoms with Crippen LogP contribution in [0.3, 0.4) is 0 Å². The van der Waals surface area contributed by atoms with E-state index in [0.29, 0.717) is 23.0 Å². The summed E-state index contributed by atoms with van der Waals surface area (Å²) in [5.41, 5.74) is 6.87. The van der Waals surface area contributed by atoms with E-state index in [9.17, 15) is 4.79 Å². The van der Waals surface area contributed by atoms with Gasteiger partial charge >= 0.3 is 0 Å². The summed E-state index contributed by atoms with van der Waals surface area (Å²) in [6.07, 6.45) is 0. The molecule has 1 aromatic rings.